The summed E-state index contributed by atoms with van der Waals surface area (Å²) in [5, 5.41) is 0. The highest BCUT2D eigenvalue weighted by atomic mass is 16.1. The predicted molar refractivity (Wildman–Crippen MR) is 78.9 cm³/mol. The second kappa shape index (κ2) is 5.77. The first-order chi connectivity index (χ1) is 9.38. The summed E-state index contributed by atoms with van der Waals surface area (Å²) in [5.74, 6) is 0. The zero-order chi connectivity index (χ0) is 13.1. The van der Waals surface area contributed by atoms with Crippen LogP contribution in [0, 0.1) is 0 Å². The molecule has 0 atom stereocenters. The number of hydrogen-bond donors (Lipinski definition) is 0. The fourth-order valence-corrected chi connectivity index (χ4v) is 3.58. The number of aryl methyl sites for hydroxylation is 3. The van der Waals surface area contributed by atoms with Crippen LogP contribution < -0.4 is 4.90 Å². The molecule has 2 nitrogen and oxygen atoms in total. The normalized spacial score (nSPS) is 17.2. The molecule has 0 aliphatic carbocycles. The SMILES string of the molecule is O=CCCCCc1cc2c3c(c1)CCCN3CCC2. The van der Waals surface area contributed by atoms with Gasteiger partial charge in [0.25, 0.3) is 0 Å². The summed E-state index contributed by atoms with van der Waals surface area (Å²) in [6.07, 6.45) is 10.2. The van der Waals surface area contributed by atoms with Crippen molar-refractivity contribution in [2.75, 3.05) is 18.0 Å². The Morgan fingerprint density at radius 2 is 1.74 bits per heavy atom. The number of unbranched alkanes of at least 4 members (excludes halogenated alkanes) is 2. The number of benzene rings is 1. The van der Waals surface area contributed by atoms with Gasteiger partial charge in [0.1, 0.15) is 6.29 Å². The Balaban J connectivity index is 1.78. The highest BCUT2D eigenvalue weighted by molar-refractivity contribution is 5.64. The van der Waals surface area contributed by atoms with E-state index in [1.807, 2.05) is 0 Å². The molecular weight excluding hydrogens is 234 g/mol. The molecule has 1 aromatic carbocycles. The van der Waals surface area contributed by atoms with E-state index < -0.39 is 0 Å². The van der Waals surface area contributed by atoms with E-state index >= 15 is 0 Å². The monoisotopic (exact) mass is 257 g/mol. The number of hydrogen-bond acceptors (Lipinski definition) is 2. The largest absolute Gasteiger partial charge is 0.371 e. The summed E-state index contributed by atoms with van der Waals surface area (Å²) < 4.78 is 0. The first-order valence-corrected chi connectivity index (χ1v) is 7.72. The van der Waals surface area contributed by atoms with Crippen molar-refractivity contribution in [3.63, 3.8) is 0 Å². The molecule has 0 spiro atoms. The highest BCUT2D eigenvalue weighted by Gasteiger charge is 2.23. The minimum atomic E-state index is 0.714. The zero-order valence-corrected chi connectivity index (χ0v) is 11.7. The number of nitrogens with zero attached hydrogens (tertiary/aromatic N) is 1. The van der Waals surface area contributed by atoms with Crippen molar-refractivity contribution in [1.29, 1.82) is 0 Å². The van der Waals surface area contributed by atoms with Gasteiger partial charge in [-0.15, -0.1) is 0 Å². The molecule has 102 valence electrons. The third-order valence-corrected chi connectivity index (χ3v) is 4.43. The molecule has 0 saturated heterocycles. The first kappa shape index (κ1) is 12.7. The van der Waals surface area contributed by atoms with Crippen LogP contribution >= 0.6 is 0 Å². The Kier molecular flexibility index (Phi) is 3.86. The summed E-state index contributed by atoms with van der Waals surface area (Å²) in [5.41, 5.74) is 6.21. The van der Waals surface area contributed by atoms with Gasteiger partial charge in [0.15, 0.2) is 0 Å². The van der Waals surface area contributed by atoms with Crippen molar-refractivity contribution in [3.8, 4) is 0 Å². The zero-order valence-electron chi connectivity index (χ0n) is 11.7. The summed E-state index contributed by atoms with van der Waals surface area (Å²) in [6.45, 7) is 2.50. The molecule has 1 aromatic rings. The lowest BCUT2D eigenvalue weighted by atomic mass is 9.89. The van der Waals surface area contributed by atoms with Gasteiger partial charge in [-0.1, -0.05) is 12.1 Å². The molecule has 0 radical (unpaired) electrons. The summed E-state index contributed by atoms with van der Waals surface area (Å²) >= 11 is 0. The van der Waals surface area contributed by atoms with E-state index in [2.05, 4.69) is 17.0 Å². The van der Waals surface area contributed by atoms with Crippen molar-refractivity contribution >= 4 is 12.0 Å². The standard InChI is InChI=1S/C17H23NO/c19-11-3-1-2-6-14-12-15-7-4-9-18-10-5-8-16(13-14)17(15)18/h11-13H,1-10H2. The van der Waals surface area contributed by atoms with Gasteiger partial charge in [-0.05, 0) is 61.6 Å². The highest BCUT2D eigenvalue weighted by Crippen LogP contribution is 2.36. The summed E-state index contributed by atoms with van der Waals surface area (Å²) in [6, 6.07) is 4.86. The average Bonchev–Trinajstić information content (AvgIpc) is 2.44. The Hall–Kier alpha value is -1.31. The van der Waals surface area contributed by atoms with Gasteiger partial charge in [0.2, 0.25) is 0 Å². The van der Waals surface area contributed by atoms with Gasteiger partial charge in [0, 0.05) is 25.2 Å². The van der Waals surface area contributed by atoms with Crippen LogP contribution in [0.1, 0.15) is 48.8 Å². The molecule has 0 aromatic heterocycles. The van der Waals surface area contributed by atoms with Crippen LogP contribution in [0.15, 0.2) is 12.1 Å². The molecule has 0 fully saturated rings. The van der Waals surface area contributed by atoms with Crippen LogP contribution in [0.5, 0.6) is 0 Å². The van der Waals surface area contributed by atoms with Crippen LogP contribution in [-0.4, -0.2) is 19.4 Å². The molecule has 3 rings (SSSR count). The maximum Gasteiger partial charge on any atom is 0.119 e. The second-order valence-electron chi connectivity index (χ2n) is 5.87. The number of carbonyl (C=O) groups excluding carboxylic acids is 1. The molecule has 19 heavy (non-hydrogen) atoms. The number of anilines is 1. The van der Waals surface area contributed by atoms with E-state index in [4.69, 9.17) is 0 Å². The molecule has 0 saturated carbocycles. The summed E-state index contributed by atoms with van der Waals surface area (Å²) in [4.78, 5) is 12.9. The quantitative estimate of drug-likeness (QED) is 0.596. The lowest BCUT2D eigenvalue weighted by molar-refractivity contribution is -0.107. The molecule has 0 N–H and O–H groups in total. The van der Waals surface area contributed by atoms with Crippen molar-refractivity contribution in [2.24, 2.45) is 0 Å². The van der Waals surface area contributed by atoms with Gasteiger partial charge >= 0.3 is 0 Å². The van der Waals surface area contributed by atoms with Gasteiger partial charge in [-0.3, -0.25) is 0 Å². The Morgan fingerprint density at radius 1 is 1.05 bits per heavy atom. The molecule has 0 amide bonds. The first-order valence-electron chi connectivity index (χ1n) is 7.72. The number of carbonyl (C=O) groups is 1. The summed E-state index contributed by atoms with van der Waals surface area (Å²) in [7, 11) is 0. The van der Waals surface area contributed by atoms with E-state index in [1.165, 1.54) is 44.3 Å². The molecule has 2 heterocycles. The molecule has 0 unspecified atom stereocenters. The fourth-order valence-electron chi connectivity index (χ4n) is 3.58. The maximum absolute atomic E-state index is 10.3. The molecule has 2 aliphatic rings. The average molecular weight is 257 g/mol. The van der Waals surface area contributed by atoms with Crippen molar-refractivity contribution in [2.45, 2.75) is 51.4 Å². The van der Waals surface area contributed by atoms with Crippen LogP contribution in [0.4, 0.5) is 5.69 Å². The molecule has 0 bridgehead atoms. The Bertz CT molecular complexity index is 435. The molecular formula is C17H23NO. The van der Waals surface area contributed by atoms with Crippen molar-refractivity contribution in [1.82, 2.24) is 0 Å². The fraction of sp³-hybridized carbons (Fsp3) is 0.588. The van der Waals surface area contributed by atoms with E-state index in [9.17, 15) is 4.79 Å². The molecule has 2 heteroatoms. The van der Waals surface area contributed by atoms with Gasteiger partial charge in [0.05, 0.1) is 0 Å². The smallest absolute Gasteiger partial charge is 0.119 e. The van der Waals surface area contributed by atoms with E-state index in [0.29, 0.717) is 6.42 Å². The van der Waals surface area contributed by atoms with Gasteiger partial charge in [-0.2, -0.15) is 0 Å². The maximum atomic E-state index is 10.3. The van der Waals surface area contributed by atoms with Crippen LogP contribution in [-0.2, 0) is 24.1 Å². The van der Waals surface area contributed by atoms with Gasteiger partial charge in [-0.25, -0.2) is 0 Å². The third kappa shape index (κ3) is 2.68. The third-order valence-electron chi connectivity index (χ3n) is 4.43. The van der Waals surface area contributed by atoms with Crippen molar-refractivity contribution < 1.29 is 4.79 Å². The minimum Gasteiger partial charge on any atom is -0.371 e. The lowest BCUT2D eigenvalue weighted by Crippen LogP contribution is -2.34. The van der Waals surface area contributed by atoms with Crippen LogP contribution in [0.3, 0.4) is 0 Å². The predicted octanol–water partition coefficient (Wildman–Crippen LogP) is 3.30. The number of rotatable bonds is 5. The topological polar surface area (TPSA) is 20.3 Å². The van der Waals surface area contributed by atoms with E-state index in [-0.39, 0.29) is 0 Å². The van der Waals surface area contributed by atoms with E-state index in [0.717, 1.165) is 25.5 Å². The molecule has 2 aliphatic heterocycles. The Labute approximate surface area is 115 Å². The minimum absolute atomic E-state index is 0.714. The Morgan fingerprint density at radius 3 is 2.37 bits per heavy atom. The van der Waals surface area contributed by atoms with Gasteiger partial charge < -0.3 is 9.69 Å². The van der Waals surface area contributed by atoms with E-state index in [1.54, 1.807) is 16.8 Å². The van der Waals surface area contributed by atoms with Crippen LogP contribution in [0.2, 0.25) is 0 Å². The number of aldehydes is 1. The lowest BCUT2D eigenvalue weighted by Gasteiger charge is -2.37. The van der Waals surface area contributed by atoms with Crippen molar-refractivity contribution in [3.05, 3.63) is 28.8 Å². The van der Waals surface area contributed by atoms with Crippen LogP contribution in [0.25, 0.3) is 0 Å². The second-order valence-corrected chi connectivity index (χ2v) is 5.87.